The molecule has 0 radical (unpaired) electrons. The Bertz CT molecular complexity index is 172. The first-order chi connectivity index (χ1) is 4.44. The van der Waals surface area contributed by atoms with Crippen molar-refractivity contribution in [2.24, 2.45) is 5.41 Å². The van der Waals surface area contributed by atoms with Crippen LogP contribution in [0.5, 0.6) is 0 Å². The van der Waals surface area contributed by atoms with Gasteiger partial charge >= 0.3 is 0 Å². The molecule has 1 aliphatic carbocycles. The number of hydrogen-bond donors (Lipinski definition) is 0. The van der Waals surface area contributed by atoms with Gasteiger partial charge in [-0.25, -0.2) is 0 Å². The third-order valence-corrected chi connectivity index (χ3v) is 2.97. The first-order valence-corrected chi connectivity index (χ1v) is 3.52. The molecule has 1 atom stereocenters. The highest BCUT2D eigenvalue weighted by Crippen LogP contribution is 2.47. The molecule has 0 aromatic heterocycles. The highest BCUT2D eigenvalue weighted by molar-refractivity contribution is 5.93. The van der Waals surface area contributed by atoms with Crippen molar-refractivity contribution in [3.8, 4) is 0 Å². The molecule has 0 aliphatic heterocycles. The van der Waals surface area contributed by atoms with Gasteiger partial charge in [0.1, 0.15) is 5.78 Å². The number of carbonyl (C=O) groups is 1. The van der Waals surface area contributed by atoms with Gasteiger partial charge in [-0.15, -0.1) is 0 Å². The molecule has 0 heterocycles. The monoisotopic (exact) mass is 142 g/mol. The van der Waals surface area contributed by atoms with Crippen molar-refractivity contribution in [2.75, 3.05) is 7.11 Å². The summed E-state index contributed by atoms with van der Waals surface area (Å²) in [5, 5.41) is 0. The quantitative estimate of drug-likeness (QED) is 0.553. The molecule has 0 saturated heterocycles. The SMILES string of the molecule is COC1(C)CC(=O)C1(C)C. The molecule has 10 heavy (non-hydrogen) atoms. The van der Waals surface area contributed by atoms with Crippen LogP contribution in [0.25, 0.3) is 0 Å². The minimum atomic E-state index is -0.276. The molecule has 1 saturated carbocycles. The lowest BCUT2D eigenvalue weighted by molar-refractivity contribution is -0.179. The number of Topliss-reactive ketones (excluding diaryl/α,β-unsaturated/α-hetero) is 1. The molecule has 0 bridgehead atoms. The van der Waals surface area contributed by atoms with E-state index in [0.717, 1.165) is 0 Å². The average molecular weight is 142 g/mol. The average Bonchev–Trinajstić information content (AvgIpc) is 1.88. The van der Waals surface area contributed by atoms with E-state index in [2.05, 4.69) is 0 Å². The van der Waals surface area contributed by atoms with E-state index in [4.69, 9.17) is 4.74 Å². The summed E-state index contributed by atoms with van der Waals surface area (Å²) in [6.07, 6.45) is 0.566. The van der Waals surface area contributed by atoms with Crippen molar-refractivity contribution in [2.45, 2.75) is 32.8 Å². The van der Waals surface area contributed by atoms with Crippen LogP contribution in [0.1, 0.15) is 27.2 Å². The van der Waals surface area contributed by atoms with Crippen LogP contribution in [0.4, 0.5) is 0 Å². The second kappa shape index (κ2) is 1.82. The van der Waals surface area contributed by atoms with Crippen LogP contribution in [0.3, 0.4) is 0 Å². The number of ether oxygens (including phenoxy) is 1. The summed E-state index contributed by atoms with van der Waals surface area (Å²) < 4.78 is 5.24. The van der Waals surface area contributed by atoms with Crippen LogP contribution in [-0.4, -0.2) is 18.5 Å². The van der Waals surface area contributed by atoms with Crippen molar-refractivity contribution in [3.63, 3.8) is 0 Å². The molecule has 1 unspecified atom stereocenters. The van der Waals surface area contributed by atoms with Gasteiger partial charge in [-0.3, -0.25) is 4.79 Å². The maximum atomic E-state index is 11.0. The lowest BCUT2D eigenvalue weighted by Crippen LogP contribution is -2.60. The minimum Gasteiger partial charge on any atom is -0.377 e. The molecule has 1 rings (SSSR count). The largest absolute Gasteiger partial charge is 0.377 e. The zero-order valence-corrected chi connectivity index (χ0v) is 7.02. The van der Waals surface area contributed by atoms with E-state index in [1.54, 1.807) is 7.11 Å². The Balaban J connectivity index is 2.80. The number of carbonyl (C=O) groups excluding carboxylic acids is 1. The predicted octanol–water partition coefficient (Wildman–Crippen LogP) is 1.39. The van der Waals surface area contributed by atoms with E-state index in [1.807, 2.05) is 20.8 Å². The third-order valence-electron chi connectivity index (χ3n) is 2.97. The highest BCUT2D eigenvalue weighted by atomic mass is 16.5. The zero-order chi connectivity index (χ0) is 7.99. The van der Waals surface area contributed by atoms with Crippen LogP contribution in [0.2, 0.25) is 0 Å². The van der Waals surface area contributed by atoms with E-state index in [9.17, 15) is 4.79 Å². The van der Waals surface area contributed by atoms with Gasteiger partial charge in [-0.05, 0) is 6.92 Å². The van der Waals surface area contributed by atoms with Crippen molar-refractivity contribution in [3.05, 3.63) is 0 Å². The minimum absolute atomic E-state index is 0.218. The summed E-state index contributed by atoms with van der Waals surface area (Å²) >= 11 is 0. The van der Waals surface area contributed by atoms with Crippen LogP contribution < -0.4 is 0 Å². The van der Waals surface area contributed by atoms with E-state index in [-0.39, 0.29) is 11.0 Å². The van der Waals surface area contributed by atoms with Crippen LogP contribution in [0, 0.1) is 5.41 Å². The number of hydrogen-bond acceptors (Lipinski definition) is 2. The molecule has 1 aliphatic rings. The van der Waals surface area contributed by atoms with E-state index in [1.165, 1.54) is 0 Å². The standard InChI is InChI=1S/C8H14O2/c1-7(2)6(9)5-8(7,3)10-4/h5H2,1-4H3. The van der Waals surface area contributed by atoms with E-state index >= 15 is 0 Å². The maximum absolute atomic E-state index is 11.0. The number of ketones is 1. The first kappa shape index (κ1) is 7.73. The Morgan fingerprint density at radius 2 is 1.90 bits per heavy atom. The van der Waals surface area contributed by atoms with E-state index < -0.39 is 0 Å². The maximum Gasteiger partial charge on any atom is 0.144 e. The fourth-order valence-electron chi connectivity index (χ4n) is 1.26. The topological polar surface area (TPSA) is 26.3 Å². The molecule has 1 fully saturated rings. The van der Waals surface area contributed by atoms with Crippen molar-refractivity contribution in [1.82, 2.24) is 0 Å². The van der Waals surface area contributed by atoms with E-state index in [0.29, 0.717) is 12.2 Å². The van der Waals surface area contributed by atoms with Crippen LogP contribution in [0.15, 0.2) is 0 Å². The zero-order valence-electron chi connectivity index (χ0n) is 7.02. The Labute approximate surface area is 61.6 Å². The van der Waals surface area contributed by atoms with Gasteiger partial charge < -0.3 is 4.74 Å². The summed E-state index contributed by atoms with van der Waals surface area (Å²) in [7, 11) is 1.66. The molecule has 0 aromatic carbocycles. The summed E-state index contributed by atoms with van der Waals surface area (Å²) in [4.78, 5) is 11.0. The van der Waals surface area contributed by atoms with Gasteiger partial charge in [0.25, 0.3) is 0 Å². The second-order valence-corrected chi connectivity index (χ2v) is 3.66. The Kier molecular flexibility index (Phi) is 1.40. The lowest BCUT2D eigenvalue weighted by atomic mass is 9.58. The Morgan fingerprint density at radius 1 is 1.40 bits per heavy atom. The van der Waals surface area contributed by atoms with Crippen LogP contribution >= 0.6 is 0 Å². The first-order valence-electron chi connectivity index (χ1n) is 3.52. The van der Waals surface area contributed by atoms with Gasteiger partial charge in [0, 0.05) is 13.5 Å². The summed E-state index contributed by atoms with van der Waals surface area (Å²) in [6, 6.07) is 0. The number of methoxy groups -OCH3 is 1. The lowest BCUT2D eigenvalue weighted by Gasteiger charge is -2.50. The molecule has 2 heteroatoms. The molecular formula is C8H14O2. The molecule has 0 aromatic rings. The summed E-state index contributed by atoms with van der Waals surface area (Å²) in [5.41, 5.74) is -0.494. The fraction of sp³-hybridized carbons (Fsp3) is 0.875. The predicted molar refractivity (Wildman–Crippen MR) is 38.8 cm³/mol. The normalized spacial score (nSPS) is 37.4. The number of rotatable bonds is 1. The van der Waals surface area contributed by atoms with Crippen LogP contribution in [-0.2, 0) is 9.53 Å². The summed E-state index contributed by atoms with van der Waals surface area (Å²) in [5.74, 6) is 0.303. The smallest absolute Gasteiger partial charge is 0.144 e. The van der Waals surface area contributed by atoms with Crippen molar-refractivity contribution >= 4 is 5.78 Å². The Morgan fingerprint density at radius 3 is 2.00 bits per heavy atom. The van der Waals surface area contributed by atoms with Gasteiger partial charge in [-0.1, -0.05) is 13.8 Å². The molecule has 58 valence electrons. The fourth-order valence-corrected chi connectivity index (χ4v) is 1.26. The second-order valence-electron chi connectivity index (χ2n) is 3.66. The van der Waals surface area contributed by atoms with Gasteiger partial charge in [-0.2, -0.15) is 0 Å². The molecule has 2 nitrogen and oxygen atoms in total. The molecule has 0 spiro atoms. The van der Waals surface area contributed by atoms with Gasteiger partial charge in [0.15, 0.2) is 0 Å². The van der Waals surface area contributed by atoms with Crippen molar-refractivity contribution in [1.29, 1.82) is 0 Å². The van der Waals surface area contributed by atoms with Gasteiger partial charge in [0.05, 0.1) is 11.0 Å². The highest BCUT2D eigenvalue weighted by Gasteiger charge is 2.57. The molecule has 0 amide bonds. The van der Waals surface area contributed by atoms with Gasteiger partial charge in [0.2, 0.25) is 0 Å². The third kappa shape index (κ3) is 0.655. The van der Waals surface area contributed by atoms with Crippen molar-refractivity contribution < 1.29 is 9.53 Å². The Hall–Kier alpha value is -0.370. The molecular weight excluding hydrogens is 128 g/mol. The molecule has 0 N–H and O–H groups in total. The summed E-state index contributed by atoms with van der Waals surface area (Å²) in [6.45, 7) is 5.85.